The Kier molecular flexibility index (Phi) is 1.80. The number of hydrogen-bond donors (Lipinski definition) is 2. The lowest BCUT2D eigenvalue weighted by atomic mass is 10.1. The van der Waals surface area contributed by atoms with Gasteiger partial charge in [-0.3, -0.25) is 0 Å². The Balaban J connectivity index is 2.54. The molecule has 0 aliphatic carbocycles. The minimum absolute atomic E-state index is 0.229. The summed E-state index contributed by atoms with van der Waals surface area (Å²) in [4.78, 5) is 10.5. The number of nitrogens with one attached hydrogen (secondary N) is 1. The smallest absolute Gasteiger partial charge is 0.407 e. The lowest BCUT2D eigenvalue weighted by Gasteiger charge is -2.14. The highest BCUT2D eigenvalue weighted by molar-refractivity contribution is 5.70. The zero-order chi connectivity index (χ0) is 7.72. The Bertz CT molecular complexity index is 146. The second-order valence-electron chi connectivity index (χ2n) is 2.52. The van der Waals surface area contributed by atoms with Gasteiger partial charge < -0.3 is 15.2 Å². The van der Waals surface area contributed by atoms with Crippen molar-refractivity contribution in [2.45, 2.75) is 32.1 Å². The highest BCUT2D eigenvalue weighted by Gasteiger charge is 2.33. The number of ether oxygens (including phenoxy) is 1. The molecule has 1 aliphatic heterocycles. The third-order valence-corrected chi connectivity index (χ3v) is 1.60. The van der Waals surface area contributed by atoms with Crippen molar-refractivity contribution in [1.82, 2.24) is 5.32 Å². The summed E-state index contributed by atoms with van der Waals surface area (Å²) in [6.45, 7) is 3.37. The monoisotopic (exact) mass is 145 g/mol. The van der Waals surface area contributed by atoms with Crippen molar-refractivity contribution in [1.29, 1.82) is 0 Å². The lowest BCUT2D eigenvalue weighted by Crippen LogP contribution is -2.39. The summed E-state index contributed by atoms with van der Waals surface area (Å²) < 4.78 is 4.73. The van der Waals surface area contributed by atoms with Gasteiger partial charge in [0, 0.05) is 0 Å². The van der Waals surface area contributed by atoms with Gasteiger partial charge in [-0.2, -0.15) is 0 Å². The van der Waals surface area contributed by atoms with E-state index in [9.17, 15) is 4.79 Å². The van der Waals surface area contributed by atoms with Crippen LogP contribution in [0.2, 0.25) is 0 Å². The van der Waals surface area contributed by atoms with E-state index in [4.69, 9.17) is 9.84 Å². The minimum Gasteiger partial charge on any atom is -0.444 e. The van der Waals surface area contributed by atoms with Crippen molar-refractivity contribution in [3.63, 3.8) is 0 Å². The van der Waals surface area contributed by atoms with Gasteiger partial charge in [-0.15, -0.1) is 0 Å². The molecule has 4 heteroatoms. The third kappa shape index (κ3) is 1.21. The minimum atomic E-state index is -0.554. The molecule has 0 spiro atoms. The Hall–Kier alpha value is -0.770. The summed E-state index contributed by atoms with van der Waals surface area (Å²) >= 11 is 0. The Morgan fingerprint density at radius 3 is 2.60 bits per heavy atom. The lowest BCUT2D eigenvalue weighted by molar-refractivity contribution is 0.0973. The van der Waals surface area contributed by atoms with Gasteiger partial charge in [-0.25, -0.2) is 4.79 Å². The first-order valence-electron chi connectivity index (χ1n) is 3.26. The number of amides is 1. The first-order chi connectivity index (χ1) is 4.61. The molecule has 0 aromatic heterocycles. The number of alkyl carbamates (subject to hydrolysis) is 1. The molecule has 0 aromatic rings. The fourth-order valence-electron chi connectivity index (χ4n) is 1.04. The number of carbonyl (C=O) groups is 1. The van der Waals surface area contributed by atoms with Gasteiger partial charge >= 0.3 is 6.09 Å². The predicted octanol–water partition coefficient (Wildman–Crippen LogP) is -0.136. The molecule has 10 heavy (non-hydrogen) atoms. The van der Waals surface area contributed by atoms with Gasteiger partial charge in [-0.05, 0) is 13.8 Å². The Morgan fingerprint density at radius 2 is 2.40 bits per heavy atom. The summed E-state index contributed by atoms with van der Waals surface area (Å²) in [6.07, 6.45) is -1.23. The largest absolute Gasteiger partial charge is 0.444 e. The molecular weight excluding hydrogens is 134 g/mol. The van der Waals surface area contributed by atoms with Crippen LogP contribution < -0.4 is 5.32 Å². The highest BCUT2D eigenvalue weighted by atomic mass is 16.6. The second kappa shape index (κ2) is 2.46. The average molecular weight is 145 g/mol. The van der Waals surface area contributed by atoms with E-state index in [2.05, 4.69) is 5.32 Å². The van der Waals surface area contributed by atoms with Crippen molar-refractivity contribution >= 4 is 6.09 Å². The summed E-state index contributed by atoms with van der Waals surface area (Å²) in [5, 5.41) is 11.5. The van der Waals surface area contributed by atoms with Crippen molar-refractivity contribution in [2.24, 2.45) is 0 Å². The molecule has 1 saturated heterocycles. The van der Waals surface area contributed by atoms with Crippen LogP contribution >= 0.6 is 0 Å². The Morgan fingerprint density at radius 1 is 1.80 bits per heavy atom. The molecule has 58 valence electrons. The normalized spacial score (nSPS) is 34.9. The summed E-state index contributed by atoms with van der Waals surface area (Å²) in [6, 6.07) is -0.257. The van der Waals surface area contributed by atoms with E-state index in [0.717, 1.165) is 0 Å². The van der Waals surface area contributed by atoms with Crippen LogP contribution in [0.3, 0.4) is 0 Å². The van der Waals surface area contributed by atoms with Gasteiger partial charge in [0.1, 0.15) is 6.10 Å². The van der Waals surface area contributed by atoms with Crippen LogP contribution in [0.5, 0.6) is 0 Å². The number of carbonyl (C=O) groups excluding carboxylic acids is 1. The van der Waals surface area contributed by atoms with E-state index in [1.807, 2.05) is 0 Å². The van der Waals surface area contributed by atoms with Crippen LogP contribution in [-0.2, 0) is 4.74 Å². The number of aliphatic hydroxyl groups is 1. The maximum absolute atomic E-state index is 10.5. The first-order valence-corrected chi connectivity index (χ1v) is 3.26. The number of aliphatic hydroxyl groups excluding tert-OH is 1. The van der Waals surface area contributed by atoms with Crippen LogP contribution in [-0.4, -0.2) is 29.4 Å². The van der Waals surface area contributed by atoms with Crippen molar-refractivity contribution in [2.75, 3.05) is 0 Å². The highest BCUT2D eigenvalue weighted by Crippen LogP contribution is 2.10. The molecule has 3 atom stereocenters. The fourth-order valence-corrected chi connectivity index (χ4v) is 1.04. The van der Waals surface area contributed by atoms with Gasteiger partial charge in [0.25, 0.3) is 0 Å². The number of rotatable bonds is 1. The average Bonchev–Trinajstić information content (AvgIpc) is 2.10. The van der Waals surface area contributed by atoms with E-state index in [1.165, 1.54) is 0 Å². The molecule has 0 saturated carbocycles. The van der Waals surface area contributed by atoms with Crippen molar-refractivity contribution < 1.29 is 14.6 Å². The van der Waals surface area contributed by atoms with Crippen LogP contribution in [0.15, 0.2) is 0 Å². The number of hydrogen-bond acceptors (Lipinski definition) is 3. The topological polar surface area (TPSA) is 58.6 Å². The van der Waals surface area contributed by atoms with Crippen LogP contribution in [0.4, 0.5) is 4.79 Å². The first kappa shape index (κ1) is 7.34. The molecule has 0 unspecified atom stereocenters. The van der Waals surface area contributed by atoms with Gasteiger partial charge in [0.2, 0.25) is 0 Å². The van der Waals surface area contributed by atoms with Gasteiger partial charge in [0.05, 0.1) is 12.1 Å². The molecule has 0 aromatic carbocycles. The van der Waals surface area contributed by atoms with E-state index >= 15 is 0 Å². The summed E-state index contributed by atoms with van der Waals surface area (Å²) in [5.74, 6) is 0. The van der Waals surface area contributed by atoms with E-state index in [-0.39, 0.29) is 12.1 Å². The quantitative estimate of drug-likeness (QED) is 0.540. The Labute approximate surface area is 59.2 Å². The van der Waals surface area contributed by atoms with Crippen LogP contribution in [0.1, 0.15) is 13.8 Å². The summed E-state index contributed by atoms with van der Waals surface area (Å²) in [5.41, 5.74) is 0. The second-order valence-corrected chi connectivity index (χ2v) is 2.52. The van der Waals surface area contributed by atoms with Crippen molar-refractivity contribution in [3.05, 3.63) is 0 Å². The molecule has 1 amide bonds. The molecular formula is C6H11NO3. The van der Waals surface area contributed by atoms with Crippen LogP contribution in [0.25, 0.3) is 0 Å². The van der Waals surface area contributed by atoms with Crippen molar-refractivity contribution in [3.8, 4) is 0 Å². The standard InChI is InChI=1S/C6H11NO3/c1-3(8)5-4(2)10-6(9)7-5/h3-5,8H,1-2H3,(H,7,9)/t3-,4-,5+/m1/s1. The zero-order valence-corrected chi connectivity index (χ0v) is 6.00. The molecule has 0 bridgehead atoms. The molecule has 4 nitrogen and oxygen atoms in total. The molecule has 1 heterocycles. The van der Waals surface area contributed by atoms with Gasteiger partial charge in [-0.1, -0.05) is 0 Å². The zero-order valence-electron chi connectivity index (χ0n) is 6.00. The molecule has 0 radical (unpaired) electrons. The number of cyclic esters (lactones) is 1. The van der Waals surface area contributed by atoms with E-state index < -0.39 is 12.2 Å². The molecule has 1 fully saturated rings. The molecule has 2 N–H and O–H groups in total. The SMILES string of the molecule is C[C@@H](O)[C@@H]1NC(=O)O[C@@H]1C. The van der Waals surface area contributed by atoms with E-state index in [1.54, 1.807) is 13.8 Å². The maximum atomic E-state index is 10.5. The van der Waals surface area contributed by atoms with Gasteiger partial charge in [0.15, 0.2) is 0 Å². The summed E-state index contributed by atoms with van der Waals surface area (Å²) in [7, 11) is 0. The van der Waals surface area contributed by atoms with E-state index in [0.29, 0.717) is 0 Å². The molecule has 1 aliphatic rings. The maximum Gasteiger partial charge on any atom is 0.407 e. The third-order valence-electron chi connectivity index (χ3n) is 1.60. The predicted molar refractivity (Wildman–Crippen MR) is 34.5 cm³/mol. The molecule has 1 rings (SSSR count). The van der Waals surface area contributed by atoms with Crippen LogP contribution in [0, 0.1) is 0 Å². The fraction of sp³-hybridized carbons (Fsp3) is 0.833.